The van der Waals surface area contributed by atoms with E-state index in [0.717, 1.165) is 22.6 Å². The van der Waals surface area contributed by atoms with Gasteiger partial charge in [-0.1, -0.05) is 6.07 Å². The molecule has 0 saturated carbocycles. The highest BCUT2D eigenvalue weighted by Gasteiger charge is 2.20. The first-order chi connectivity index (χ1) is 12.9. The number of aromatic nitrogens is 1. The van der Waals surface area contributed by atoms with Crippen LogP contribution in [0.1, 0.15) is 29.3 Å². The van der Waals surface area contributed by atoms with Crippen LogP contribution in [0, 0.1) is 13.8 Å². The number of ether oxygens (including phenoxy) is 2. The quantitative estimate of drug-likeness (QED) is 0.812. The molecule has 1 aromatic carbocycles. The molecule has 0 aliphatic carbocycles. The summed E-state index contributed by atoms with van der Waals surface area (Å²) in [5.74, 6) is 0.961. The number of anilines is 1. The molecule has 0 radical (unpaired) electrons. The number of amidine groups is 1. The molecular formula is C19H21N3O4S. The highest BCUT2D eigenvalue weighted by molar-refractivity contribution is 8.00. The van der Waals surface area contributed by atoms with E-state index in [1.165, 1.54) is 6.92 Å². The number of aryl methyl sites for hydroxylation is 1. The topological polar surface area (TPSA) is 89.9 Å². The lowest BCUT2D eigenvalue weighted by Crippen LogP contribution is -2.24. The highest BCUT2D eigenvalue weighted by Crippen LogP contribution is 2.28. The summed E-state index contributed by atoms with van der Waals surface area (Å²) in [6.07, 6.45) is 1.62. The summed E-state index contributed by atoms with van der Waals surface area (Å²) in [6.45, 7) is 5.42. The number of carbonyl (C=O) groups is 1. The molecule has 1 aliphatic rings. The van der Waals surface area contributed by atoms with Gasteiger partial charge < -0.3 is 14.8 Å². The summed E-state index contributed by atoms with van der Waals surface area (Å²) in [5, 5.41) is 3.52. The minimum Gasteiger partial charge on any atom is -0.497 e. The third kappa shape index (κ3) is 4.16. The Morgan fingerprint density at radius 2 is 2.11 bits per heavy atom. The monoisotopic (exact) mass is 387 g/mol. The second-order valence-corrected chi connectivity index (χ2v) is 7.56. The first-order valence-corrected chi connectivity index (χ1v) is 9.71. The molecule has 2 aromatic rings. The molecule has 8 heteroatoms. The fraction of sp³-hybridized carbons (Fsp3) is 0.316. The summed E-state index contributed by atoms with van der Waals surface area (Å²) in [5.41, 5.74) is 3.92. The van der Waals surface area contributed by atoms with Gasteiger partial charge in [0.25, 0.3) is 0 Å². The molecule has 2 heterocycles. The van der Waals surface area contributed by atoms with Crippen molar-refractivity contribution in [2.24, 2.45) is 4.99 Å². The second kappa shape index (κ2) is 7.87. The van der Waals surface area contributed by atoms with Gasteiger partial charge in [0.1, 0.15) is 11.5 Å². The SMILES string of the molecule is COc1ccc2c(c1)NC(S(=O)Cc1ncc(C)c(OC(C)=O)c1C)=NC2. The molecule has 0 amide bonds. The number of carbonyl (C=O) groups excluding carboxylic acids is 1. The molecule has 142 valence electrons. The molecule has 1 N–H and O–H groups in total. The predicted molar refractivity (Wildman–Crippen MR) is 105 cm³/mol. The molecule has 3 rings (SSSR count). The van der Waals surface area contributed by atoms with Gasteiger partial charge in [-0.15, -0.1) is 0 Å². The fourth-order valence-corrected chi connectivity index (χ4v) is 3.88. The maximum atomic E-state index is 12.8. The van der Waals surface area contributed by atoms with Crippen molar-refractivity contribution < 1.29 is 18.5 Å². The minimum absolute atomic E-state index is 0.172. The van der Waals surface area contributed by atoms with E-state index in [9.17, 15) is 9.00 Å². The van der Waals surface area contributed by atoms with Crippen LogP contribution in [0.25, 0.3) is 0 Å². The molecule has 0 fully saturated rings. The smallest absolute Gasteiger partial charge is 0.308 e. The number of benzene rings is 1. The molecule has 1 unspecified atom stereocenters. The van der Waals surface area contributed by atoms with Crippen molar-refractivity contribution in [3.05, 3.63) is 46.8 Å². The Bertz CT molecular complexity index is 956. The maximum absolute atomic E-state index is 12.8. The maximum Gasteiger partial charge on any atom is 0.308 e. The van der Waals surface area contributed by atoms with E-state index >= 15 is 0 Å². The van der Waals surface area contributed by atoms with Gasteiger partial charge >= 0.3 is 5.97 Å². The van der Waals surface area contributed by atoms with Gasteiger partial charge in [0.15, 0.2) is 5.17 Å². The van der Waals surface area contributed by atoms with E-state index in [4.69, 9.17) is 9.47 Å². The van der Waals surface area contributed by atoms with Gasteiger partial charge in [0.2, 0.25) is 0 Å². The van der Waals surface area contributed by atoms with E-state index in [0.29, 0.717) is 28.7 Å². The van der Waals surface area contributed by atoms with Crippen LogP contribution in [0.3, 0.4) is 0 Å². The number of nitrogens with one attached hydrogen (secondary N) is 1. The Labute approximate surface area is 160 Å². The van der Waals surface area contributed by atoms with Crippen LogP contribution in [0.5, 0.6) is 11.5 Å². The van der Waals surface area contributed by atoms with Crippen molar-refractivity contribution >= 4 is 27.6 Å². The zero-order valence-corrected chi connectivity index (χ0v) is 16.5. The highest BCUT2D eigenvalue weighted by atomic mass is 32.2. The zero-order chi connectivity index (χ0) is 19.6. The Kier molecular flexibility index (Phi) is 5.55. The molecule has 0 saturated heterocycles. The lowest BCUT2D eigenvalue weighted by atomic mass is 10.1. The summed E-state index contributed by atoms with van der Waals surface area (Å²) in [7, 11) is 0.185. The third-order valence-corrected chi connectivity index (χ3v) is 5.42. The molecule has 27 heavy (non-hydrogen) atoms. The van der Waals surface area contributed by atoms with Gasteiger partial charge in [-0.3, -0.25) is 19.0 Å². The Morgan fingerprint density at radius 3 is 2.81 bits per heavy atom. The number of aliphatic imine (C=N–C) groups is 1. The van der Waals surface area contributed by atoms with Crippen LogP contribution in [-0.4, -0.2) is 27.4 Å². The van der Waals surface area contributed by atoms with Crippen LogP contribution >= 0.6 is 0 Å². The summed E-state index contributed by atoms with van der Waals surface area (Å²) < 4.78 is 23.4. The molecule has 1 aliphatic heterocycles. The first kappa shape index (κ1) is 19.0. The fourth-order valence-electron chi connectivity index (χ4n) is 2.77. The van der Waals surface area contributed by atoms with Crippen LogP contribution in [0.15, 0.2) is 29.4 Å². The zero-order valence-electron chi connectivity index (χ0n) is 15.7. The van der Waals surface area contributed by atoms with Gasteiger partial charge in [0, 0.05) is 36.0 Å². The van der Waals surface area contributed by atoms with E-state index in [1.807, 2.05) is 25.1 Å². The Balaban J connectivity index is 1.80. The average molecular weight is 387 g/mol. The van der Waals surface area contributed by atoms with Crippen molar-refractivity contribution in [3.63, 3.8) is 0 Å². The minimum atomic E-state index is -1.42. The van der Waals surface area contributed by atoms with E-state index in [-0.39, 0.29) is 5.75 Å². The van der Waals surface area contributed by atoms with E-state index in [1.54, 1.807) is 20.2 Å². The standard InChI is InChI=1S/C19H21N3O4S/c1-11-8-20-17(12(2)18(11)26-13(3)23)10-27(24)19-21-9-14-5-6-15(25-4)7-16(14)22-19/h5-8H,9-10H2,1-4H3,(H,21,22). The van der Waals surface area contributed by atoms with Crippen LogP contribution in [-0.2, 0) is 27.9 Å². The lowest BCUT2D eigenvalue weighted by Gasteiger charge is -2.19. The largest absolute Gasteiger partial charge is 0.497 e. The lowest BCUT2D eigenvalue weighted by molar-refractivity contribution is -0.131. The Hall–Kier alpha value is -2.74. The van der Waals surface area contributed by atoms with Crippen molar-refractivity contribution in [3.8, 4) is 11.5 Å². The van der Waals surface area contributed by atoms with Gasteiger partial charge in [-0.25, -0.2) is 0 Å². The molecule has 7 nitrogen and oxygen atoms in total. The number of nitrogens with zero attached hydrogens (tertiary/aromatic N) is 2. The molecular weight excluding hydrogens is 366 g/mol. The van der Waals surface area contributed by atoms with Gasteiger partial charge in [0.05, 0.1) is 35.9 Å². The number of pyridine rings is 1. The number of hydrogen-bond acceptors (Lipinski definition) is 7. The molecule has 0 bridgehead atoms. The van der Waals surface area contributed by atoms with Crippen molar-refractivity contribution in [2.45, 2.75) is 33.1 Å². The van der Waals surface area contributed by atoms with Crippen molar-refractivity contribution in [2.75, 3.05) is 12.4 Å². The number of rotatable bonds is 4. The van der Waals surface area contributed by atoms with Gasteiger partial charge in [-0.05, 0) is 25.5 Å². The average Bonchev–Trinajstić information content (AvgIpc) is 2.66. The third-order valence-electron chi connectivity index (χ3n) is 4.23. The summed E-state index contributed by atoms with van der Waals surface area (Å²) in [4.78, 5) is 20.1. The number of esters is 1. The summed E-state index contributed by atoms with van der Waals surface area (Å²) in [6, 6.07) is 5.66. The molecule has 1 atom stereocenters. The molecule has 0 spiro atoms. The Morgan fingerprint density at radius 1 is 1.33 bits per heavy atom. The normalized spacial score (nSPS) is 13.9. The first-order valence-electron chi connectivity index (χ1n) is 8.39. The second-order valence-electron chi connectivity index (χ2n) is 6.19. The number of fused-ring (bicyclic) bond motifs is 1. The summed E-state index contributed by atoms with van der Waals surface area (Å²) >= 11 is 0. The predicted octanol–water partition coefficient (Wildman–Crippen LogP) is 2.86. The van der Waals surface area contributed by atoms with Crippen LogP contribution < -0.4 is 14.8 Å². The van der Waals surface area contributed by atoms with Crippen molar-refractivity contribution in [1.82, 2.24) is 4.98 Å². The number of hydrogen-bond donors (Lipinski definition) is 1. The van der Waals surface area contributed by atoms with E-state index in [2.05, 4.69) is 15.3 Å². The van der Waals surface area contributed by atoms with Crippen LogP contribution in [0.2, 0.25) is 0 Å². The van der Waals surface area contributed by atoms with Crippen molar-refractivity contribution in [1.29, 1.82) is 0 Å². The van der Waals surface area contributed by atoms with Gasteiger partial charge in [-0.2, -0.15) is 0 Å². The van der Waals surface area contributed by atoms with Crippen LogP contribution in [0.4, 0.5) is 5.69 Å². The molecule has 1 aromatic heterocycles. The van der Waals surface area contributed by atoms with E-state index < -0.39 is 16.8 Å². The number of methoxy groups -OCH3 is 1.